The number of hydrogen-bond donors (Lipinski definition) is 1. The molecule has 142 valence electrons. The second-order valence-corrected chi connectivity index (χ2v) is 8.31. The van der Waals surface area contributed by atoms with Gasteiger partial charge in [-0.3, -0.25) is 4.79 Å². The molecule has 4 rings (SSSR count). The molecule has 0 fully saturated rings. The van der Waals surface area contributed by atoms with E-state index in [0.29, 0.717) is 5.02 Å². The van der Waals surface area contributed by atoms with Gasteiger partial charge in [0.2, 0.25) is 5.91 Å². The lowest BCUT2D eigenvalue weighted by Crippen LogP contribution is -2.41. The van der Waals surface area contributed by atoms with E-state index in [9.17, 15) is 4.79 Å². The van der Waals surface area contributed by atoms with Crippen LogP contribution in [0.4, 0.5) is 11.5 Å². The minimum atomic E-state index is -0.0344. The highest BCUT2D eigenvalue weighted by atomic mass is 35.5. The van der Waals surface area contributed by atoms with Crippen molar-refractivity contribution in [3.8, 4) is 0 Å². The van der Waals surface area contributed by atoms with Crippen LogP contribution in [0, 0.1) is 0 Å². The predicted molar refractivity (Wildman–Crippen MR) is 115 cm³/mol. The summed E-state index contributed by atoms with van der Waals surface area (Å²) in [6, 6.07) is 20.1. The number of nitrogens with one attached hydrogen (secondary N) is 1. The molecule has 0 saturated heterocycles. The minimum absolute atomic E-state index is 0.0344. The van der Waals surface area contributed by atoms with Crippen molar-refractivity contribution in [2.75, 3.05) is 11.4 Å². The molecule has 2 aromatic carbocycles. The third-order valence-electron chi connectivity index (χ3n) is 4.52. The zero-order valence-electron chi connectivity index (χ0n) is 15.4. The van der Waals surface area contributed by atoms with Crippen LogP contribution in [0.15, 0.2) is 76.7 Å². The summed E-state index contributed by atoms with van der Waals surface area (Å²) in [5.41, 5.74) is 2.19. The Labute approximate surface area is 173 Å². The average molecular weight is 410 g/mol. The van der Waals surface area contributed by atoms with Gasteiger partial charge in [0.1, 0.15) is 12.4 Å². The number of para-hydroxylation sites is 1. The summed E-state index contributed by atoms with van der Waals surface area (Å²) >= 11 is 7.75. The monoisotopic (exact) mass is 409 g/mol. The van der Waals surface area contributed by atoms with Crippen LogP contribution < -0.4 is 10.2 Å². The summed E-state index contributed by atoms with van der Waals surface area (Å²) in [6.07, 6.45) is 2.42. The topological polar surface area (TPSA) is 45.2 Å². The molecule has 1 aliphatic heterocycles. The number of hydrogen-bond acceptors (Lipinski definition) is 4. The quantitative estimate of drug-likeness (QED) is 0.637. The molecule has 0 spiro atoms. The Balaban J connectivity index is 1.52. The highest BCUT2D eigenvalue weighted by Crippen LogP contribution is 2.47. The fourth-order valence-electron chi connectivity index (χ4n) is 3.33. The molecule has 2 heterocycles. The number of fused-ring (bicyclic) bond motifs is 2. The van der Waals surface area contributed by atoms with Crippen molar-refractivity contribution in [2.45, 2.75) is 29.2 Å². The van der Waals surface area contributed by atoms with Crippen molar-refractivity contribution in [3.05, 3.63) is 77.4 Å². The van der Waals surface area contributed by atoms with Gasteiger partial charge in [-0.1, -0.05) is 65.8 Å². The van der Waals surface area contributed by atoms with Crippen LogP contribution >= 0.6 is 23.4 Å². The van der Waals surface area contributed by atoms with Gasteiger partial charge >= 0.3 is 0 Å². The highest BCUT2D eigenvalue weighted by molar-refractivity contribution is 7.99. The first-order chi connectivity index (χ1) is 13.6. The lowest BCUT2D eigenvalue weighted by Gasteiger charge is -2.31. The summed E-state index contributed by atoms with van der Waals surface area (Å²) in [7, 11) is 0. The van der Waals surface area contributed by atoms with E-state index in [1.165, 1.54) is 5.56 Å². The smallest absolute Gasteiger partial charge is 0.240 e. The van der Waals surface area contributed by atoms with Crippen LogP contribution in [0.1, 0.15) is 12.5 Å². The van der Waals surface area contributed by atoms with Crippen LogP contribution in [0.5, 0.6) is 0 Å². The van der Waals surface area contributed by atoms with Crippen LogP contribution in [0.25, 0.3) is 0 Å². The Kier molecular flexibility index (Phi) is 5.55. The molecular weight excluding hydrogens is 390 g/mol. The van der Waals surface area contributed by atoms with Crippen molar-refractivity contribution >= 4 is 40.8 Å². The third kappa shape index (κ3) is 4.16. The molecule has 0 radical (unpaired) electrons. The number of amides is 1. The van der Waals surface area contributed by atoms with Gasteiger partial charge in [-0.2, -0.15) is 0 Å². The van der Waals surface area contributed by atoms with Gasteiger partial charge in [-0.25, -0.2) is 4.98 Å². The van der Waals surface area contributed by atoms with Crippen LogP contribution in [0.2, 0.25) is 5.02 Å². The second-order valence-electron chi connectivity index (χ2n) is 6.79. The summed E-state index contributed by atoms with van der Waals surface area (Å²) in [5, 5.41) is 3.70. The molecule has 1 N–H and O–H groups in total. The Morgan fingerprint density at radius 2 is 1.89 bits per heavy atom. The minimum Gasteiger partial charge on any atom is -0.352 e. The largest absolute Gasteiger partial charge is 0.352 e. The number of benzene rings is 2. The fraction of sp³-hybridized carbons (Fsp3) is 0.182. The van der Waals surface area contributed by atoms with Gasteiger partial charge in [-0.15, -0.1) is 0 Å². The first-order valence-corrected chi connectivity index (χ1v) is 10.3. The molecule has 28 heavy (non-hydrogen) atoms. The van der Waals surface area contributed by atoms with E-state index in [4.69, 9.17) is 11.6 Å². The number of nitrogens with zero attached hydrogens (tertiary/aromatic N) is 2. The van der Waals surface area contributed by atoms with Gasteiger partial charge in [0, 0.05) is 17.1 Å². The van der Waals surface area contributed by atoms with E-state index in [0.717, 1.165) is 27.7 Å². The summed E-state index contributed by atoms with van der Waals surface area (Å²) in [5.74, 6) is 0.729. The molecule has 3 aromatic rings. The average Bonchev–Trinajstić information content (AvgIpc) is 2.68. The van der Waals surface area contributed by atoms with Crippen molar-refractivity contribution in [1.29, 1.82) is 0 Å². The second kappa shape index (κ2) is 8.25. The van der Waals surface area contributed by atoms with Crippen molar-refractivity contribution in [1.82, 2.24) is 10.3 Å². The molecule has 0 saturated carbocycles. The van der Waals surface area contributed by atoms with Crippen LogP contribution in [-0.4, -0.2) is 23.5 Å². The van der Waals surface area contributed by atoms with E-state index in [2.05, 4.69) is 22.4 Å². The van der Waals surface area contributed by atoms with E-state index in [1.807, 2.05) is 60.4 Å². The Hall–Kier alpha value is -2.50. The number of carbonyl (C=O) groups excluding carboxylic acids is 1. The molecule has 0 bridgehead atoms. The van der Waals surface area contributed by atoms with Gasteiger partial charge in [-0.05, 0) is 37.1 Å². The van der Waals surface area contributed by atoms with Crippen molar-refractivity contribution in [3.63, 3.8) is 0 Å². The predicted octanol–water partition coefficient (Wildman–Crippen LogP) is 5.09. The van der Waals surface area contributed by atoms with Gasteiger partial charge in [0.25, 0.3) is 0 Å². The number of anilines is 2. The summed E-state index contributed by atoms with van der Waals surface area (Å²) in [6.45, 7) is 2.23. The standard InChI is InChI=1S/C22H20ClN3OS/c1-15(11-16-7-3-2-4-8-16)25-21(27)14-26-18-9-5-6-10-19(18)28-20-12-17(23)13-24-22(20)26/h2-10,12-13,15H,11,14H2,1H3,(H,25,27). The summed E-state index contributed by atoms with van der Waals surface area (Å²) in [4.78, 5) is 21.3. The first kappa shape index (κ1) is 18.8. The number of halogens is 1. The number of aromatic nitrogens is 1. The zero-order chi connectivity index (χ0) is 19.5. The maximum Gasteiger partial charge on any atom is 0.240 e. The molecule has 1 atom stereocenters. The van der Waals surface area contributed by atoms with Gasteiger partial charge in [0.15, 0.2) is 0 Å². The van der Waals surface area contributed by atoms with E-state index in [1.54, 1.807) is 18.0 Å². The number of pyridine rings is 1. The maximum atomic E-state index is 12.8. The van der Waals surface area contributed by atoms with Crippen molar-refractivity contribution in [2.24, 2.45) is 0 Å². The molecule has 1 amide bonds. The molecule has 1 aliphatic rings. The zero-order valence-corrected chi connectivity index (χ0v) is 17.0. The van der Waals surface area contributed by atoms with E-state index >= 15 is 0 Å². The van der Waals surface area contributed by atoms with Crippen molar-refractivity contribution < 1.29 is 4.79 Å². The number of rotatable bonds is 5. The molecular formula is C22H20ClN3OS. The van der Waals surface area contributed by atoms with Crippen LogP contribution in [0.3, 0.4) is 0 Å². The molecule has 4 nitrogen and oxygen atoms in total. The van der Waals surface area contributed by atoms with Crippen LogP contribution in [-0.2, 0) is 11.2 Å². The highest BCUT2D eigenvalue weighted by Gasteiger charge is 2.26. The maximum absolute atomic E-state index is 12.8. The molecule has 1 unspecified atom stereocenters. The van der Waals surface area contributed by atoms with Gasteiger partial charge in [0.05, 0.1) is 15.6 Å². The Morgan fingerprint density at radius 1 is 1.14 bits per heavy atom. The number of carbonyl (C=O) groups is 1. The molecule has 1 aromatic heterocycles. The Morgan fingerprint density at radius 3 is 2.71 bits per heavy atom. The first-order valence-electron chi connectivity index (χ1n) is 9.13. The summed E-state index contributed by atoms with van der Waals surface area (Å²) < 4.78 is 0. The lowest BCUT2D eigenvalue weighted by molar-refractivity contribution is -0.120. The normalized spacial score (nSPS) is 13.4. The SMILES string of the molecule is CC(Cc1ccccc1)NC(=O)CN1c2ccccc2Sc2cc(Cl)cnc21. The van der Waals surface area contributed by atoms with E-state index in [-0.39, 0.29) is 18.5 Å². The van der Waals surface area contributed by atoms with E-state index < -0.39 is 0 Å². The molecule has 0 aliphatic carbocycles. The lowest BCUT2D eigenvalue weighted by atomic mass is 10.1. The Bertz CT molecular complexity index is 996. The van der Waals surface area contributed by atoms with Gasteiger partial charge < -0.3 is 10.2 Å². The third-order valence-corrected chi connectivity index (χ3v) is 5.82. The fourth-order valence-corrected chi connectivity index (χ4v) is 4.66. The molecule has 6 heteroatoms.